The van der Waals surface area contributed by atoms with Gasteiger partial charge in [0.25, 0.3) is 0 Å². The smallest absolute Gasteiger partial charge is 0.319 e. The number of hydrogen-bond donors (Lipinski definition) is 1. The van der Waals surface area contributed by atoms with Gasteiger partial charge in [-0.1, -0.05) is 30.3 Å². The van der Waals surface area contributed by atoms with Crippen molar-refractivity contribution in [1.82, 2.24) is 20.2 Å². The second kappa shape index (κ2) is 12.4. The van der Waals surface area contributed by atoms with Crippen LogP contribution in [0.4, 0.5) is 10.2 Å². The van der Waals surface area contributed by atoms with Gasteiger partial charge in [-0.15, -0.1) is 0 Å². The number of methoxy groups -OCH3 is 1. The summed E-state index contributed by atoms with van der Waals surface area (Å²) in [5.41, 5.74) is 1.32. The van der Waals surface area contributed by atoms with Gasteiger partial charge in [0.2, 0.25) is 0 Å². The highest BCUT2D eigenvalue weighted by molar-refractivity contribution is 6.01. The molecule has 0 amide bonds. The number of benzene rings is 3. The number of piperazine rings is 1. The fraction of sp³-hybridized carbons (Fsp3) is 0.406. The summed E-state index contributed by atoms with van der Waals surface area (Å²) in [5.74, 6) is 0.755. The molecule has 2 aliphatic rings. The molecule has 1 N–H and O–H groups in total. The summed E-state index contributed by atoms with van der Waals surface area (Å²) < 4.78 is 33.7. The van der Waals surface area contributed by atoms with E-state index in [1.165, 1.54) is 0 Å². The number of nitriles is 1. The first kappa shape index (κ1) is 28.1. The number of fused-ring (bicyclic) bond motifs is 2. The molecule has 0 radical (unpaired) electrons. The molecule has 42 heavy (non-hydrogen) atoms. The number of halogens is 1. The highest BCUT2D eigenvalue weighted by Crippen LogP contribution is 2.38. The molecule has 3 heterocycles. The van der Waals surface area contributed by atoms with Crippen molar-refractivity contribution in [1.29, 1.82) is 5.26 Å². The van der Waals surface area contributed by atoms with Crippen LogP contribution in [0.2, 0.25) is 0 Å². The minimum atomic E-state index is -0.447. The lowest BCUT2D eigenvalue weighted by Gasteiger charge is -2.34. The Hall–Kier alpha value is -4.04. The van der Waals surface area contributed by atoms with Crippen LogP contribution in [0.15, 0.2) is 48.5 Å². The Bertz CT molecular complexity index is 1630. The maximum atomic E-state index is 16.7. The van der Waals surface area contributed by atoms with Gasteiger partial charge in [0.1, 0.15) is 23.7 Å². The summed E-state index contributed by atoms with van der Waals surface area (Å²) in [7, 11) is 3.65. The summed E-state index contributed by atoms with van der Waals surface area (Å²) in [6, 6.07) is 17.9. The molecule has 2 aliphatic heterocycles. The van der Waals surface area contributed by atoms with E-state index in [2.05, 4.69) is 33.2 Å². The highest BCUT2D eigenvalue weighted by atomic mass is 19.1. The van der Waals surface area contributed by atoms with Crippen LogP contribution in [-0.2, 0) is 4.74 Å². The Morgan fingerprint density at radius 3 is 2.76 bits per heavy atom. The average molecular weight is 571 g/mol. The Kier molecular flexibility index (Phi) is 8.33. The number of ether oxygens (including phenoxy) is 3. The van der Waals surface area contributed by atoms with Gasteiger partial charge >= 0.3 is 6.01 Å². The lowest BCUT2D eigenvalue weighted by atomic mass is 9.96. The number of likely N-dealkylation sites (tertiary alicyclic amines) is 1. The standard InChI is InChI=1S/C32H35FN6O3/c1-38-14-5-7-23(38)19-41-32-36-30-27(31(37-32)39-15-13-35-22(18-39)11-12-34)10-9-26(29(30)33)28-17-24(42-20-40-2)16-21-6-3-4-8-25(21)28/h3-4,6,8-10,16-17,22-23,35H,5,7,11,13-15,18-20H2,1-2H3/t22-,23-/m0/s1. The van der Waals surface area contributed by atoms with Crippen molar-refractivity contribution < 1.29 is 18.6 Å². The van der Waals surface area contributed by atoms with Gasteiger partial charge in [-0.25, -0.2) is 4.39 Å². The molecule has 2 atom stereocenters. The first-order valence-electron chi connectivity index (χ1n) is 14.4. The number of nitrogens with zero attached hydrogens (tertiary/aromatic N) is 5. The Labute approximate surface area is 244 Å². The fourth-order valence-corrected chi connectivity index (χ4v) is 5.98. The van der Waals surface area contributed by atoms with Crippen LogP contribution < -0.4 is 19.7 Å². The van der Waals surface area contributed by atoms with Crippen molar-refractivity contribution >= 4 is 27.5 Å². The zero-order chi connectivity index (χ0) is 29.1. The van der Waals surface area contributed by atoms with Crippen molar-refractivity contribution in [2.24, 2.45) is 0 Å². The minimum absolute atomic E-state index is 0.00408. The van der Waals surface area contributed by atoms with Crippen LogP contribution in [0.5, 0.6) is 11.8 Å². The summed E-state index contributed by atoms with van der Waals surface area (Å²) in [6.07, 6.45) is 2.54. The largest absolute Gasteiger partial charge is 0.468 e. The van der Waals surface area contributed by atoms with Gasteiger partial charge < -0.3 is 29.3 Å². The molecule has 2 saturated heterocycles. The van der Waals surface area contributed by atoms with Gasteiger partial charge in [0, 0.05) is 49.8 Å². The van der Waals surface area contributed by atoms with E-state index in [9.17, 15) is 5.26 Å². The minimum Gasteiger partial charge on any atom is -0.468 e. The van der Waals surface area contributed by atoms with Crippen molar-refractivity contribution in [2.45, 2.75) is 31.3 Å². The highest BCUT2D eigenvalue weighted by Gasteiger charge is 2.26. The Balaban J connectivity index is 1.46. The molecule has 6 rings (SSSR count). The number of anilines is 1. The number of rotatable bonds is 9. The molecular weight excluding hydrogens is 535 g/mol. The topological polar surface area (TPSA) is 95.8 Å². The lowest BCUT2D eigenvalue weighted by Crippen LogP contribution is -2.51. The lowest BCUT2D eigenvalue weighted by molar-refractivity contribution is 0.0512. The molecule has 9 nitrogen and oxygen atoms in total. The summed E-state index contributed by atoms with van der Waals surface area (Å²) in [5, 5.41) is 15.1. The number of likely N-dealkylation sites (N-methyl/N-ethyl adjacent to an activating group) is 1. The number of aromatic nitrogens is 2. The van der Waals surface area contributed by atoms with Gasteiger partial charge in [0.15, 0.2) is 12.6 Å². The number of hydrogen-bond acceptors (Lipinski definition) is 9. The van der Waals surface area contributed by atoms with Crippen molar-refractivity contribution in [3.05, 3.63) is 54.3 Å². The third kappa shape index (κ3) is 5.68. The molecule has 0 bridgehead atoms. The van der Waals surface area contributed by atoms with Crippen LogP contribution in [0.1, 0.15) is 19.3 Å². The van der Waals surface area contributed by atoms with E-state index in [-0.39, 0.29) is 30.4 Å². The monoisotopic (exact) mass is 570 g/mol. The first-order chi connectivity index (χ1) is 20.6. The van der Waals surface area contributed by atoms with Crippen LogP contribution in [0.25, 0.3) is 32.8 Å². The Morgan fingerprint density at radius 2 is 1.95 bits per heavy atom. The van der Waals surface area contributed by atoms with E-state index in [1.807, 2.05) is 42.5 Å². The van der Waals surface area contributed by atoms with Gasteiger partial charge in [-0.2, -0.15) is 15.2 Å². The SMILES string of the molecule is COCOc1cc(-c2ccc3c(N4CCN[C@@H](CC#N)C4)nc(OC[C@@H]4CCCN4C)nc3c2F)c2ccccc2c1. The van der Waals surface area contributed by atoms with Gasteiger partial charge in [-0.05, 0) is 61.0 Å². The average Bonchev–Trinajstić information content (AvgIpc) is 3.43. The molecule has 2 fully saturated rings. The van der Waals surface area contributed by atoms with E-state index in [0.29, 0.717) is 60.7 Å². The van der Waals surface area contributed by atoms with E-state index >= 15 is 4.39 Å². The molecule has 1 aromatic heterocycles. The van der Waals surface area contributed by atoms with E-state index in [4.69, 9.17) is 19.2 Å². The zero-order valence-electron chi connectivity index (χ0n) is 24.0. The molecule has 0 aliphatic carbocycles. The molecule has 0 saturated carbocycles. The van der Waals surface area contributed by atoms with Gasteiger partial charge in [0.05, 0.1) is 12.5 Å². The number of nitrogens with one attached hydrogen (secondary N) is 1. The second-order valence-electron chi connectivity index (χ2n) is 10.9. The van der Waals surface area contributed by atoms with Crippen molar-refractivity contribution in [3.63, 3.8) is 0 Å². The molecule has 0 spiro atoms. The molecule has 4 aromatic rings. The third-order valence-corrected chi connectivity index (χ3v) is 8.20. The van der Waals surface area contributed by atoms with E-state index in [0.717, 1.165) is 30.2 Å². The van der Waals surface area contributed by atoms with Crippen LogP contribution >= 0.6 is 0 Å². The van der Waals surface area contributed by atoms with Crippen LogP contribution in [0.3, 0.4) is 0 Å². The van der Waals surface area contributed by atoms with Crippen LogP contribution in [-0.4, -0.2) is 80.7 Å². The first-order valence-corrected chi connectivity index (χ1v) is 14.4. The second-order valence-corrected chi connectivity index (χ2v) is 10.9. The predicted octanol–water partition coefficient (Wildman–Crippen LogP) is 4.74. The quantitative estimate of drug-likeness (QED) is 0.286. The fourth-order valence-electron chi connectivity index (χ4n) is 5.98. The predicted molar refractivity (Wildman–Crippen MR) is 160 cm³/mol. The van der Waals surface area contributed by atoms with Crippen molar-refractivity contribution in [3.8, 4) is 29.0 Å². The molecule has 0 unspecified atom stereocenters. The van der Waals surface area contributed by atoms with E-state index < -0.39 is 5.82 Å². The molecular formula is C32H35FN6O3. The van der Waals surface area contributed by atoms with Gasteiger partial charge in [-0.3, -0.25) is 0 Å². The maximum Gasteiger partial charge on any atom is 0.319 e. The van der Waals surface area contributed by atoms with Crippen LogP contribution in [0, 0.1) is 17.1 Å². The van der Waals surface area contributed by atoms with E-state index in [1.54, 1.807) is 13.2 Å². The third-order valence-electron chi connectivity index (χ3n) is 8.20. The molecule has 10 heteroatoms. The zero-order valence-corrected chi connectivity index (χ0v) is 24.0. The summed E-state index contributed by atoms with van der Waals surface area (Å²) in [6.45, 7) is 3.50. The maximum absolute atomic E-state index is 16.7. The van der Waals surface area contributed by atoms with Crippen molar-refractivity contribution in [2.75, 3.05) is 58.6 Å². The summed E-state index contributed by atoms with van der Waals surface area (Å²) >= 11 is 0. The normalized spacial score (nSPS) is 19.3. The molecule has 218 valence electrons. The Morgan fingerprint density at radius 1 is 1.07 bits per heavy atom. The summed E-state index contributed by atoms with van der Waals surface area (Å²) in [4.78, 5) is 13.8. The molecule has 3 aromatic carbocycles.